The zero-order chi connectivity index (χ0) is 19.6. The second-order valence-corrected chi connectivity index (χ2v) is 9.29. The van der Waals surface area contributed by atoms with E-state index in [0.29, 0.717) is 16.5 Å². The highest BCUT2D eigenvalue weighted by atomic mass is 35.5. The first-order valence-corrected chi connectivity index (χ1v) is 11.0. The molecule has 1 aromatic carbocycles. The summed E-state index contributed by atoms with van der Waals surface area (Å²) in [6.45, 7) is 2.37. The highest BCUT2D eigenvalue weighted by Gasteiger charge is 2.27. The molecule has 146 valence electrons. The molecule has 0 atom stereocenters. The van der Waals surface area contributed by atoms with Crippen molar-refractivity contribution < 1.29 is 18.3 Å². The molecule has 0 saturated carbocycles. The van der Waals surface area contributed by atoms with Gasteiger partial charge in [-0.3, -0.25) is 9.88 Å². The third kappa shape index (κ3) is 4.72. The molecule has 0 radical (unpaired) electrons. The highest BCUT2D eigenvalue weighted by Crippen LogP contribution is 2.33. The fourth-order valence-electron chi connectivity index (χ4n) is 3.49. The predicted octanol–water partition coefficient (Wildman–Crippen LogP) is 3.23. The van der Waals surface area contributed by atoms with E-state index in [9.17, 15) is 13.5 Å². The Morgan fingerprint density at radius 2 is 2.00 bits per heavy atom. The van der Waals surface area contributed by atoms with Crippen LogP contribution in [0, 0.1) is 0 Å². The Morgan fingerprint density at radius 1 is 1.30 bits per heavy atom. The smallest absolute Gasteiger partial charge is 0.177 e. The third-order valence-electron chi connectivity index (χ3n) is 4.87. The zero-order valence-electron chi connectivity index (χ0n) is 15.4. The van der Waals surface area contributed by atoms with Gasteiger partial charge in [0.1, 0.15) is 0 Å². The van der Waals surface area contributed by atoms with Crippen molar-refractivity contribution in [1.82, 2.24) is 9.88 Å². The molecule has 8 heteroatoms. The number of rotatable bonds is 5. The summed E-state index contributed by atoms with van der Waals surface area (Å²) in [5.74, 6) is 0.681. The van der Waals surface area contributed by atoms with Gasteiger partial charge >= 0.3 is 0 Å². The first kappa shape index (κ1) is 19.9. The summed E-state index contributed by atoms with van der Waals surface area (Å²) in [6, 6.07) is 6.90. The molecule has 2 aromatic rings. The molecular weight excluding hydrogens is 388 g/mol. The molecular formula is C19H23ClN2O4S. The van der Waals surface area contributed by atoms with Gasteiger partial charge in [0, 0.05) is 24.9 Å². The van der Waals surface area contributed by atoms with Crippen molar-refractivity contribution in [3.8, 4) is 11.5 Å². The fraction of sp³-hybridized carbons (Fsp3) is 0.421. The highest BCUT2D eigenvalue weighted by molar-refractivity contribution is 7.90. The molecule has 1 N–H and O–H groups in total. The first-order chi connectivity index (χ1) is 12.8. The molecule has 1 aliphatic rings. The summed E-state index contributed by atoms with van der Waals surface area (Å²) in [7, 11) is -1.86. The van der Waals surface area contributed by atoms with Gasteiger partial charge in [-0.05, 0) is 49.7 Å². The molecule has 0 spiro atoms. The Bertz CT molecular complexity index is 925. The van der Waals surface area contributed by atoms with E-state index >= 15 is 0 Å². The first-order valence-electron chi connectivity index (χ1n) is 8.71. The van der Waals surface area contributed by atoms with Crippen LogP contribution in [0.25, 0.3) is 0 Å². The number of hydrogen-bond acceptors (Lipinski definition) is 6. The van der Waals surface area contributed by atoms with Gasteiger partial charge in [0.25, 0.3) is 0 Å². The molecule has 27 heavy (non-hydrogen) atoms. The standard InChI is InChI=1S/C19H23ClN2O4S/c1-26-17-4-3-13(9-16(17)23)12-22-7-5-14(6-8-22)19-18(27(2,24)25)10-15(20)11-21-19/h3-4,9-11,14,23H,5-8,12H2,1-2H3. The van der Waals surface area contributed by atoms with Gasteiger partial charge in [0.15, 0.2) is 21.3 Å². The van der Waals surface area contributed by atoms with E-state index in [2.05, 4.69) is 9.88 Å². The number of pyridine rings is 1. The lowest BCUT2D eigenvalue weighted by atomic mass is 9.92. The number of phenols is 1. The number of likely N-dealkylation sites (tertiary alicyclic amines) is 1. The summed E-state index contributed by atoms with van der Waals surface area (Å²) in [5, 5.41) is 10.3. The van der Waals surface area contributed by atoms with Crippen molar-refractivity contribution in [2.24, 2.45) is 0 Å². The molecule has 1 fully saturated rings. The van der Waals surface area contributed by atoms with E-state index < -0.39 is 9.84 Å². The van der Waals surface area contributed by atoms with Crippen LogP contribution in [0.2, 0.25) is 5.02 Å². The lowest BCUT2D eigenvalue weighted by Gasteiger charge is -2.32. The molecule has 6 nitrogen and oxygen atoms in total. The summed E-state index contributed by atoms with van der Waals surface area (Å²) in [6.07, 6.45) is 4.34. The lowest BCUT2D eigenvalue weighted by molar-refractivity contribution is 0.202. The molecule has 1 aromatic heterocycles. The Hall–Kier alpha value is -1.83. The van der Waals surface area contributed by atoms with Gasteiger partial charge in [-0.25, -0.2) is 8.42 Å². The zero-order valence-corrected chi connectivity index (χ0v) is 16.9. The van der Waals surface area contributed by atoms with Gasteiger partial charge in [0.05, 0.1) is 22.7 Å². The van der Waals surface area contributed by atoms with Crippen LogP contribution in [0.1, 0.15) is 30.0 Å². The minimum absolute atomic E-state index is 0.0903. The number of ether oxygens (including phenoxy) is 1. The second-order valence-electron chi connectivity index (χ2n) is 6.87. The number of nitrogens with zero attached hydrogens (tertiary/aromatic N) is 2. The summed E-state index contributed by atoms with van der Waals surface area (Å²) in [5.41, 5.74) is 1.62. The largest absolute Gasteiger partial charge is 0.504 e. The van der Waals surface area contributed by atoms with Gasteiger partial charge < -0.3 is 9.84 Å². The van der Waals surface area contributed by atoms with Crippen molar-refractivity contribution in [3.05, 3.63) is 46.7 Å². The molecule has 1 saturated heterocycles. The maximum atomic E-state index is 12.1. The van der Waals surface area contributed by atoms with Crippen LogP contribution in [0.4, 0.5) is 0 Å². The van der Waals surface area contributed by atoms with Gasteiger partial charge in [-0.2, -0.15) is 0 Å². The number of benzene rings is 1. The number of aromatic hydroxyl groups is 1. The number of hydrogen-bond donors (Lipinski definition) is 1. The van der Waals surface area contributed by atoms with Crippen LogP contribution in [-0.4, -0.2) is 49.9 Å². The average Bonchev–Trinajstić information content (AvgIpc) is 2.62. The number of aromatic nitrogens is 1. The van der Waals surface area contributed by atoms with Crippen LogP contribution in [0.15, 0.2) is 35.4 Å². The maximum absolute atomic E-state index is 12.1. The van der Waals surface area contributed by atoms with Gasteiger partial charge in [-0.1, -0.05) is 17.7 Å². The molecule has 1 aliphatic heterocycles. The number of sulfone groups is 1. The predicted molar refractivity (Wildman–Crippen MR) is 104 cm³/mol. The van der Waals surface area contributed by atoms with Crippen molar-refractivity contribution in [1.29, 1.82) is 0 Å². The summed E-state index contributed by atoms with van der Waals surface area (Å²) >= 11 is 5.95. The Balaban J connectivity index is 1.68. The van der Waals surface area contributed by atoms with Gasteiger partial charge in [-0.15, -0.1) is 0 Å². The van der Waals surface area contributed by atoms with E-state index in [1.54, 1.807) is 12.1 Å². The minimum atomic E-state index is -3.38. The summed E-state index contributed by atoms with van der Waals surface area (Å²) in [4.78, 5) is 6.85. The molecule has 3 rings (SSSR count). The van der Waals surface area contributed by atoms with Crippen molar-refractivity contribution in [2.75, 3.05) is 26.5 Å². The normalized spacial score (nSPS) is 16.4. The van der Waals surface area contributed by atoms with Crippen molar-refractivity contribution in [2.45, 2.75) is 30.2 Å². The number of methoxy groups -OCH3 is 1. The van der Waals surface area contributed by atoms with E-state index in [4.69, 9.17) is 16.3 Å². The van der Waals surface area contributed by atoms with Crippen molar-refractivity contribution in [3.63, 3.8) is 0 Å². The van der Waals surface area contributed by atoms with E-state index in [1.165, 1.54) is 25.6 Å². The Morgan fingerprint density at radius 3 is 2.59 bits per heavy atom. The maximum Gasteiger partial charge on any atom is 0.177 e. The third-order valence-corrected chi connectivity index (χ3v) is 6.20. The minimum Gasteiger partial charge on any atom is -0.504 e. The SMILES string of the molecule is COc1ccc(CN2CCC(c3ncc(Cl)cc3S(C)(=O)=O)CC2)cc1O. The number of phenolic OH excluding ortho intramolecular Hbond substituents is 1. The topological polar surface area (TPSA) is 79.7 Å². The molecule has 0 aliphatic carbocycles. The second kappa shape index (κ2) is 8.04. The Kier molecular flexibility index (Phi) is 5.93. The van der Waals surface area contributed by atoms with Crippen LogP contribution in [0.3, 0.4) is 0 Å². The molecule has 0 unspecified atom stereocenters. The van der Waals surface area contributed by atoms with Crippen LogP contribution in [0.5, 0.6) is 11.5 Å². The van der Waals surface area contributed by atoms with Crippen LogP contribution >= 0.6 is 11.6 Å². The van der Waals surface area contributed by atoms with Crippen LogP contribution < -0.4 is 4.74 Å². The van der Waals surface area contributed by atoms with Gasteiger partial charge in [0.2, 0.25) is 0 Å². The molecule has 0 bridgehead atoms. The Labute approximate surface area is 164 Å². The van der Waals surface area contributed by atoms with Crippen molar-refractivity contribution >= 4 is 21.4 Å². The summed E-state index contributed by atoms with van der Waals surface area (Å²) < 4.78 is 29.3. The average molecular weight is 411 g/mol. The molecule has 2 heterocycles. The van der Waals surface area contributed by atoms with E-state index in [1.807, 2.05) is 6.07 Å². The van der Waals surface area contributed by atoms with Crippen LogP contribution in [-0.2, 0) is 16.4 Å². The number of halogens is 1. The fourth-order valence-corrected chi connectivity index (χ4v) is 4.65. The number of piperidine rings is 1. The van der Waals surface area contributed by atoms with E-state index in [-0.39, 0.29) is 16.6 Å². The quantitative estimate of drug-likeness (QED) is 0.815. The molecule has 0 amide bonds. The van der Waals surface area contributed by atoms with E-state index in [0.717, 1.165) is 38.0 Å². The lowest BCUT2D eigenvalue weighted by Crippen LogP contribution is -2.33. The monoisotopic (exact) mass is 410 g/mol.